The minimum absolute atomic E-state index is 0.263. The smallest absolute Gasteiger partial charge is 0.348 e. The predicted octanol–water partition coefficient (Wildman–Crippen LogP) is 8.23. The third kappa shape index (κ3) is 12.0. The van der Waals surface area contributed by atoms with Gasteiger partial charge in [0.15, 0.2) is 5.06 Å². The Hall–Kier alpha value is -1.81. The molecule has 0 saturated heterocycles. The topological polar surface area (TPSA) is 35.5 Å². The van der Waals surface area contributed by atoms with E-state index in [0.717, 1.165) is 24.5 Å². The number of carbonyl (C=O) groups is 1. The first kappa shape index (κ1) is 25.5. The van der Waals surface area contributed by atoms with E-state index in [1.165, 1.54) is 87.5 Å². The van der Waals surface area contributed by atoms with E-state index in [1.807, 2.05) is 36.4 Å². The fraction of sp³-hybridized carbons (Fsp3) is 0.593. The Morgan fingerprint density at radius 2 is 1.35 bits per heavy atom. The van der Waals surface area contributed by atoms with Crippen molar-refractivity contribution in [3.63, 3.8) is 0 Å². The molecular weight excluding hydrogens is 404 g/mol. The molecule has 31 heavy (non-hydrogen) atoms. The largest absolute Gasteiger partial charge is 0.484 e. The van der Waals surface area contributed by atoms with Crippen molar-refractivity contribution >= 4 is 17.3 Å². The van der Waals surface area contributed by atoms with Gasteiger partial charge in [0, 0.05) is 6.42 Å². The molecule has 0 atom stereocenters. The van der Waals surface area contributed by atoms with Crippen molar-refractivity contribution in [3.8, 4) is 5.06 Å². The van der Waals surface area contributed by atoms with Gasteiger partial charge in [-0.15, -0.1) is 0 Å². The van der Waals surface area contributed by atoms with Crippen molar-refractivity contribution in [1.82, 2.24) is 0 Å². The van der Waals surface area contributed by atoms with Crippen LogP contribution >= 0.6 is 11.3 Å². The Balaban J connectivity index is 1.44. The molecule has 0 bridgehead atoms. The van der Waals surface area contributed by atoms with Crippen LogP contribution in [0.2, 0.25) is 0 Å². The highest BCUT2D eigenvalue weighted by molar-refractivity contribution is 7.15. The van der Waals surface area contributed by atoms with E-state index in [4.69, 9.17) is 9.47 Å². The number of benzene rings is 1. The summed E-state index contributed by atoms with van der Waals surface area (Å²) >= 11 is 1.37. The van der Waals surface area contributed by atoms with Crippen LogP contribution in [0, 0.1) is 0 Å². The maximum Gasteiger partial charge on any atom is 0.348 e. The highest BCUT2D eigenvalue weighted by atomic mass is 32.1. The Morgan fingerprint density at radius 3 is 2.00 bits per heavy atom. The molecule has 0 aliphatic heterocycles. The molecule has 0 aliphatic rings. The number of hydrogen-bond acceptors (Lipinski definition) is 4. The second-order valence-electron chi connectivity index (χ2n) is 8.23. The van der Waals surface area contributed by atoms with Crippen LogP contribution in [-0.2, 0) is 11.2 Å². The number of rotatable bonds is 18. The second kappa shape index (κ2) is 16.8. The average molecular weight is 445 g/mol. The molecular formula is C27H40O3S. The molecule has 0 fully saturated rings. The zero-order valence-electron chi connectivity index (χ0n) is 19.3. The molecule has 0 saturated carbocycles. The molecule has 0 spiro atoms. The molecule has 0 aliphatic carbocycles. The molecule has 0 unspecified atom stereocenters. The van der Waals surface area contributed by atoms with Crippen LogP contribution in [0.25, 0.3) is 0 Å². The number of esters is 1. The van der Waals surface area contributed by atoms with Gasteiger partial charge in [0.25, 0.3) is 0 Å². The van der Waals surface area contributed by atoms with E-state index in [0.29, 0.717) is 11.5 Å². The Labute approximate surface area is 193 Å². The van der Waals surface area contributed by atoms with E-state index in [-0.39, 0.29) is 5.97 Å². The van der Waals surface area contributed by atoms with Gasteiger partial charge in [0.05, 0.1) is 13.2 Å². The molecule has 0 N–H and O–H groups in total. The molecule has 172 valence electrons. The van der Waals surface area contributed by atoms with Crippen molar-refractivity contribution in [2.45, 2.75) is 90.4 Å². The first-order valence-corrected chi connectivity index (χ1v) is 13.0. The van der Waals surface area contributed by atoms with Crippen molar-refractivity contribution in [1.29, 1.82) is 0 Å². The number of carbonyl (C=O) groups excluding carboxylic acids is 1. The summed E-state index contributed by atoms with van der Waals surface area (Å²) in [7, 11) is 0. The minimum atomic E-state index is -0.263. The summed E-state index contributed by atoms with van der Waals surface area (Å²) in [5.41, 5.74) is 1.17. The van der Waals surface area contributed by atoms with Gasteiger partial charge in [0.1, 0.15) is 4.88 Å². The number of thiophene rings is 1. The van der Waals surface area contributed by atoms with Crippen molar-refractivity contribution in [2.24, 2.45) is 0 Å². The zero-order chi connectivity index (χ0) is 22.0. The summed E-state index contributed by atoms with van der Waals surface area (Å²) in [4.78, 5) is 12.8. The molecule has 0 radical (unpaired) electrons. The van der Waals surface area contributed by atoms with Gasteiger partial charge < -0.3 is 9.47 Å². The summed E-state index contributed by atoms with van der Waals surface area (Å²) in [6, 6.07) is 13.7. The maximum absolute atomic E-state index is 12.2. The van der Waals surface area contributed by atoms with Gasteiger partial charge in [-0.05, 0) is 24.1 Å². The van der Waals surface area contributed by atoms with Crippen molar-refractivity contribution < 1.29 is 14.3 Å². The molecule has 4 heteroatoms. The fourth-order valence-corrected chi connectivity index (χ4v) is 4.37. The maximum atomic E-state index is 12.2. The lowest BCUT2D eigenvalue weighted by Gasteiger charge is -2.05. The summed E-state index contributed by atoms with van der Waals surface area (Å²) in [6.45, 7) is 3.39. The van der Waals surface area contributed by atoms with E-state index in [2.05, 4.69) is 6.92 Å². The molecule has 1 heterocycles. The normalized spacial score (nSPS) is 10.9. The highest BCUT2D eigenvalue weighted by Crippen LogP contribution is 2.25. The Bertz CT molecular complexity index is 696. The van der Waals surface area contributed by atoms with E-state index >= 15 is 0 Å². The number of unbranched alkanes of at least 4 members (excludes halogenated alkanes) is 11. The van der Waals surface area contributed by atoms with Crippen LogP contribution < -0.4 is 4.74 Å². The van der Waals surface area contributed by atoms with Crippen molar-refractivity contribution in [2.75, 3.05) is 13.2 Å². The lowest BCUT2D eigenvalue weighted by atomic mass is 10.1. The van der Waals surface area contributed by atoms with E-state index in [1.54, 1.807) is 6.07 Å². The van der Waals surface area contributed by atoms with Gasteiger partial charge in [-0.1, -0.05) is 119 Å². The Kier molecular flexibility index (Phi) is 13.8. The highest BCUT2D eigenvalue weighted by Gasteiger charge is 2.11. The SMILES string of the molecule is CCCCCCCCCCCCCCOc1ccc(C(=O)OCCc2ccccc2)s1. The van der Waals surface area contributed by atoms with Crippen molar-refractivity contribution in [3.05, 3.63) is 52.9 Å². The van der Waals surface area contributed by atoms with Crippen LogP contribution in [0.5, 0.6) is 5.06 Å². The predicted molar refractivity (Wildman–Crippen MR) is 131 cm³/mol. The number of ether oxygens (including phenoxy) is 2. The third-order valence-corrected chi connectivity index (χ3v) is 6.47. The lowest BCUT2D eigenvalue weighted by molar-refractivity contribution is 0.0515. The summed E-state index contributed by atoms with van der Waals surface area (Å²) in [5.74, 6) is -0.263. The third-order valence-electron chi connectivity index (χ3n) is 5.49. The molecule has 1 aromatic carbocycles. The first-order valence-electron chi connectivity index (χ1n) is 12.2. The van der Waals surface area contributed by atoms with Crippen LogP contribution in [-0.4, -0.2) is 19.2 Å². The van der Waals surface area contributed by atoms with Crippen LogP contribution in [0.3, 0.4) is 0 Å². The fourth-order valence-electron chi connectivity index (χ4n) is 3.60. The summed E-state index contributed by atoms with van der Waals surface area (Å²) in [6.07, 6.45) is 16.8. The quantitative estimate of drug-likeness (QED) is 0.172. The molecule has 2 rings (SSSR count). The van der Waals surface area contributed by atoms with E-state index < -0.39 is 0 Å². The lowest BCUT2D eigenvalue weighted by Crippen LogP contribution is -2.06. The average Bonchev–Trinajstić information content (AvgIpc) is 3.27. The summed E-state index contributed by atoms with van der Waals surface area (Å²) in [5, 5.41) is 0.804. The van der Waals surface area contributed by atoms with Gasteiger partial charge in [-0.2, -0.15) is 0 Å². The molecule has 2 aromatic rings. The zero-order valence-corrected chi connectivity index (χ0v) is 20.1. The number of hydrogen-bond donors (Lipinski definition) is 0. The van der Waals surface area contributed by atoms with Crippen LogP contribution in [0.4, 0.5) is 0 Å². The standard InChI is InChI=1S/C27H40O3S/c1-2-3-4-5-6-7-8-9-10-11-12-16-22-29-26-20-19-25(31-26)27(28)30-23-21-24-17-14-13-15-18-24/h13-15,17-20H,2-12,16,21-23H2,1H3. The molecule has 3 nitrogen and oxygen atoms in total. The van der Waals surface area contributed by atoms with Gasteiger partial charge >= 0.3 is 5.97 Å². The van der Waals surface area contributed by atoms with Gasteiger partial charge in [-0.25, -0.2) is 4.79 Å². The Morgan fingerprint density at radius 1 is 0.742 bits per heavy atom. The van der Waals surface area contributed by atoms with Crippen LogP contribution in [0.15, 0.2) is 42.5 Å². The second-order valence-corrected chi connectivity index (χ2v) is 9.27. The minimum Gasteiger partial charge on any atom is -0.484 e. The molecule has 0 amide bonds. The van der Waals surface area contributed by atoms with Gasteiger partial charge in [0.2, 0.25) is 0 Å². The monoisotopic (exact) mass is 444 g/mol. The van der Waals surface area contributed by atoms with Crippen LogP contribution in [0.1, 0.15) is 99.2 Å². The van der Waals surface area contributed by atoms with E-state index in [9.17, 15) is 4.79 Å². The van der Waals surface area contributed by atoms with Gasteiger partial charge in [-0.3, -0.25) is 0 Å². The summed E-state index contributed by atoms with van der Waals surface area (Å²) < 4.78 is 11.2. The first-order chi connectivity index (χ1) is 15.3. The molecule has 1 aromatic heterocycles.